The van der Waals surface area contributed by atoms with Crippen LogP contribution in [0.15, 0.2) is 61.3 Å². The SMILES string of the molecule is COc1cccc(/C=C(/C(=O)NCc2ccc(-n3ccnc3)nc2)n2nnnc2C)c1. The van der Waals surface area contributed by atoms with Crippen LogP contribution in [-0.2, 0) is 11.3 Å². The van der Waals surface area contributed by atoms with E-state index in [1.54, 1.807) is 43.4 Å². The number of aromatic nitrogens is 7. The standard InChI is InChI=1S/C21H20N8O2/c1-15-25-26-27-29(15)19(11-16-4-3-5-18(10-16)31-2)21(30)24-13-17-6-7-20(23-12-17)28-9-8-22-14-28/h3-12,14H,13H2,1-2H3,(H,24,30)/b19-11-. The lowest BCUT2D eigenvalue weighted by molar-refractivity contribution is -0.116. The highest BCUT2D eigenvalue weighted by Gasteiger charge is 2.16. The van der Waals surface area contributed by atoms with E-state index in [1.165, 1.54) is 4.68 Å². The molecule has 0 atom stereocenters. The summed E-state index contributed by atoms with van der Waals surface area (Å²) in [5.41, 5.74) is 1.93. The number of tetrazole rings is 1. The molecule has 1 aromatic carbocycles. The maximum atomic E-state index is 13.0. The van der Waals surface area contributed by atoms with Gasteiger partial charge in [-0.05, 0) is 52.8 Å². The van der Waals surface area contributed by atoms with Crippen LogP contribution >= 0.6 is 0 Å². The van der Waals surface area contributed by atoms with Gasteiger partial charge in [-0.1, -0.05) is 18.2 Å². The number of ether oxygens (including phenoxy) is 1. The Hall–Kier alpha value is -4.34. The van der Waals surface area contributed by atoms with Gasteiger partial charge in [0.1, 0.15) is 23.6 Å². The Labute approximate surface area is 178 Å². The van der Waals surface area contributed by atoms with Gasteiger partial charge in [-0.3, -0.25) is 9.36 Å². The van der Waals surface area contributed by atoms with Gasteiger partial charge < -0.3 is 10.1 Å². The zero-order valence-electron chi connectivity index (χ0n) is 17.0. The van der Waals surface area contributed by atoms with Gasteiger partial charge in [0, 0.05) is 25.1 Å². The molecule has 4 aromatic rings. The Bertz CT molecular complexity index is 1200. The van der Waals surface area contributed by atoms with Gasteiger partial charge in [0.15, 0.2) is 5.82 Å². The van der Waals surface area contributed by atoms with Crippen molar-refractivity contribution >= 4 is 17.7 Å². The molecule has 31 heavy (non-hydrogen) atoms. The van der Waals surface area contributed by atoms with Gasteiger partial charge in [0.05, 0.1) is 7.11 Å². The molecule has 0 aliphatic carbocycles. The van der Waals surface area contributed by atoms with Crippen LogP contribution in [-0.4, -0.2) is 47.8 Å². The van der Waals surface area contributed by atoms with Crippen LogP contribution in [0, 0.1) is 6.92 Å². The quantitative estimate of drug-likeness (QED) is 0.458. The number of nitrogens with zero attached hydrogens (tertiary/aromatic N) is 7. The Balaban J connectivity index is 1.53. The number of aryl methyl sites for hydroxylation is 1. The van der Waals surface area contributed by atoms with Crippen LogP contribution < -0.4 is 10.1 Å². The third-order valence-corrected chi connectivity index (χ3v) is 4.51. The number of imidazole rings is 1. The van der Waals surface area contributed by atoms with Crippen LogP contribution in [0.25, 0.3) is 17.6 Å². The molecule has 0 bridgehead atoms. The summed E-state index contributed by atoms with van der Waals surface area (Å²) in [5.74, 6) is 1.61. The lowest BCUT2D eigenvalue weighted by Gasteiger charge is -2.10. The van der Waals surface area contributed by atoms with Crippen LogP contribution in [0.4, 0.5) is 0 Å². The van der Waals surface area contributed by atoms with Gasteiger partial charge >= 0.3 is 0 Å². The lowest BCUT2D eigenvalue weighted by Crippen LogP contribution is -2.27. The number of carbonyl (C=O) groups is 1. The average molecular weight is 416 g/mol. The minimum atomic E-state index is -0.322. The molecule has 3 aromatic heterocycles. The monoisotopic (exact) mass is 416 g/mol. The van der Waals surface area contributed by atoms with E-state index in [-0.39, 0.29) is 5.91 Å². The van der Waals surface area contributed by atoms with E-state index in [2.05, 4.69) is 30.8 Å². The predicted octanol–water partition coefficient (Wildman–Crippen LogP) is 1.89. The van der Waals surface area contributed by atoms with Crippen molar-refractivity contribution in [1.29, 1.82) is 0 Å². The van der Waals surface area contributed by atoms with Crippen molar-refractivity contribution in [3.05, 3.63) is 78.3 Å². The second kappa shape index (κ2) is 8.99. The molecule has 0 aliphatic heterocycles. The Morgan fingerprint density at radius 3 is 2.84 bits per heavy atom. The van der Waals surface area contributed by atoms with Gasteiger partial charge in [0.25, 0.3) is 5.91 Å². The fraction of sp³-hybridized carbons (Fsp3) is 0.143. The Morgan fingerprint density at radius 2 is 2.16 bits per heavy atom. The summed E-state index contributed by atoms with van der Waals surface area (Å²) < 4.78 is 8.46. The number of carbonyl (C=O) groups excluding carboxylic acids is 1. The zero-order chi connectivity index (χ0) is 21.6. The maximum Gasteiger partial charge on any atom is 0.270 e. The molecule has 1 N–H and O–H groups in total. The minimum absolute atomic E-state index is 0.291. The number of amides is 1. The highest BCUT2D eigenvalue weighted by Crippen LogP contribution is 2.18. The highest BCUT2D eigenvalue weighted by atomic mass is 16.5. The summed E-state index contributed by atoms with van der Waals surface area (Å²) in [4.78, 5) is 21.4. The van der Waals surface area contributed by atoms with Crippen molar-refractivity contribution in [2.45, 2.75) is 13.5 Å². The van der Waals surface area contributed by atoms with Crippen molar-refractivity contribution in [1.82, 2.24) is 40.1 Å². The largest absolute Gasteiger partial charge is 0.497 e. The summed E-state index contributed by atoms with van der Waals surface area (Å²) in [6, 6.07) is 11.1. The zero-order valence-corrected chi connectivity index (χ0v) is 17.0. The molecule has 10 heteroatoms. The Kier molecular flexibility index (Phi) is 5.79. The van der Waals surface area contributed by atoms with Crippen LogP contribution in [0.2, 0.25) is 0 Å². The number of nitrogens with one attached hydrogen (secondary N) is 1. The number of hydrogen-bond donors (Lipinski definition) is 1. The molecule has 0 unspecified atom stereocenters. The number of rotatable bonds is 7. The van der Waals surface area contributed by atoms with Crippen molar-refractivity contribution in [3.8, 4) is 11.6 Å². The topological polar surface area (TPSA) is 113 Å². The number of hydrogen-bond acceptors (Lipinski definition) is 7. The molecule has 156 valence electrons. The fourth-order valence-electron chi connectivity index (χ4n) is 2.91. The number of benzene rings is 1. The first-order chi connectivity index (χ1) is 15.1. The van der Waals surface area contributed by atoms with E-state index < -0.39 is 0 Å². The molecular formula is C21H20N8O2. The van der Waals surface area contributed by atoms with Crippen molar-refractivity contribution in [2.24, 2.45) is 0 Å². The minimum Gasteiger partial charge on any atom is -0.497 e. The lowest BCUT2D eigenvalue weighted by atomic mass is 10.1. The van der Waals surface area contributed by atoms with E-state index in [0.717, 1.165) is 16.9 Å². The second-order valence-electron chi connectivity index (χ2n) is 6.62. The van der Waals surface area contributed by atoms with E-state index in [1.807, 2.05) is 42.6 Å². The van der Waals surface area contributed by atoms with Crippen molar-refractivity contribution in [2.75, 3.05) is 7.11 Å². The summed E-state index contributed by atoms with van der Waals surface area (Å²) in [5, 5.41) is 14.4. The van der Waals surface area contributed by atoms with E-state index >= 15 is 0 Å². The molecule has 10 nitrogen and oxygen atoms in total. The number of pyridine rings is 1. The third-order valence-electron chi connectivity index (χ3n) is 4.51. The maximum absolute atomic E-state index is 13.0. The fourth-order valence-corrected chi connectivity index (χ4v) is 2.91. The van der Waals surface area contributed by atoms with E-state index in [4.69, 9.17) is 4.74 Å². The third kappa shape index (κ3) is 4.64. The van der Waals surface area contributed by atoms with Gasteiger partial charge in [-0.2, -0.15) is 4.68 Å². The van der Waals surface area contributed by atoms with Gasteiger partial charge in [-0.25, -0.2) is 9.97 Å². The molecule has 0 radical (unpaired) electrons. The van der Waals surface area contributed by atoms with Crippen LogP contribution in [0.5, 0.6) is 5.75 Å². The van der Waals surface area contributed by atoms with Gasteiger partial charge in [0.2, 0.25) is 0 Å². The molecule has 0 saturated carbocycles. The summed E-state index contributed by atoms with van der Waals surface area (Å²) in [6.45, 7) is 2.03. The van der Waals surface area contributed by atoms with E-state index in [9.17, 15) is 4.79 Å². The van der Waals surface area contributed by atoms with Crippen molar-refractivity contribution in [3.63, 3.8) is 0 Å². The smallest absolute Gasteiger partial charge is 0.270 e. The molecule has 0 fully saturated rings. The first-order valence-corrected chi connectivity index (χ1v) is 9.46. The Morgan fingerprint density at radius 1 is 1.26 bits per heavy atom. The van der Waals surface area contributed by atoms with Crippen LogP contribution in [0.3, 0.4) is 0 Å². The molecule has 4 rings (SSSR count). The molecule has 0 spiro atoms. The molecule has 1 amide bonds. The normalized spacial score (nSPS) is 11.4. The highest BCUT2D eigenvalue weighted by molar-refractivity contribution is 6.18. The molecule has 0 aliphatic rings. The van der Waals surface area contributed by atoms with Crippen LogP contribution in [0.1, 0.15) is 17.0 Å². The molecule has 0 saturated heterocycles. The first kappa shape index (κ1) is 20.0. The summed E-state index contributed by atoms with van der Waals surface area (Å²) in [6.07, 6.45) is 8.60. The molecular weight excluding hydrogens is 396 g/mol. The molecule has 3 heterocycles. The van der Waals surface area contributed by atoms with E-state index in [0.29, 0.717) is 23.8 Å². The van der Waals surface area contributed by atoms with Crippen molar-refractivity contribution < 1.29 is 9.53 Å². The summed E-state index contributed by atoms with van der Waals surface area (Å²) >= 11 is 0. The average Bonchev–Trinajstić information content (AvgIpc) is 3.48. The summed E-state index contributed by atoms with van der Waals surface area (Å²) in [7, 11) is 1.59. The predicted molar refractivity (Wildman–Crippen MR) is 113 cm³/mol. The first-order valence-electron chi connectivity index (χ1n) is 9.46. The second-order valence-corrected chi connectivity index (χ2v) is 6.62. The number of methoxy groups -OCH3 is 1. The van der Waals surface area contributed by atoms with Gasteiger partial charge in [-0.15, -0.1) is 5.10 Å².